The normalized spacial score (nSPS) is 13.1. The van der Waals surface area contributed by atoms with Crippen molar-refractivity contribution in [3.05, 3.63) is 12.0 Å². The Morgan fingerprint density at radius 1 is 1.53 bits per heavy atom. The van der Waals surface area contributed by atoms with Crippen LogP contribution in [0.5, 0.6) is 0 Å². The first-order valence-corrected chi connectivity index (χ1v) is 5.27. The molecule has 86 valence electrons. The lowest BCUT2D eigenvalue weighted by Crippen LogP contribution is -2.33. The number of aryl methyl sites for hydroxylation is 1. The SMILES string of the molecule is Cc1ncc(S(=O)(=O)NCC(F)(F)F)[nH]1. The molecule has 1 aromatic rings. The first-order chi connectivity index (χ1) is 6.71. The minimum atomic E-state index is -4.58. The number of hydrogen-bond donors (Lipinski definition) is 2. The number of nitrogens with zero attached hydrogens (tertiary/aromatic N) is 1. The molecule has 0 spiro atoms. The van der Waals surface area contributed by atoms with Gasteiger partial charge in [-0.25, -0.2) is 18.1 Å². The molecule has 1 rings (SSSR count). The maximum Gasteiger partial charge on any atom is 0.402 e. The standard InChI is InChI=1S/C6H8F3N3O2S/c1-4-10-2-5(12-4)15(13,14)11-3-6(7,8)9/h2,11H,3H2,1H3,(H,10,12). The number of aromatic nitrogens is 2. The van der Waals surface area contributed by atoms with E-state index in [9.17, 15) is 21.6 Å². The molecule has 0 fully saturated rings. The molecule has 0 saturated heterocycles. The van der Waals surface area contributed by atoms with E-state index in [-0.39, 0.29) is 5.03 Å². The van der Waals surface area contributed by atoms with Crippen LogP contribution in [0.3, 0.4) is 0 Å². The third-order valence-electron chi connectivity index (χ3n) is 1.43. The van der Waals surface area contributed by atoms with Gasteiger partial charge in [-0.05, 0) is 6.92 Å². The molecular formula is C6H8F3N3O2S. The van der Waals surface area contributed by atoms with E-state index in [0.29, 0.717) is 5.82 Å². The van der Waals surface area contributed by atoms with Gasteiger partial charge in [0.05, 0.1) is 6.20 Å². The number of hydrogen-bond acceptors (Lipinski definition) is 3. The van der Waals surface area contributed by atoms with Gasteiger partial charge in [-0.15, -0.1) is 0 Å². The molecule has 1 heterocycles. The van der Waals surface area contributed by atoms with Crippen molar-refractivity contribution in [3.8, 4) is 0 Å². The van der Waals surface area contributed by atoms with Crippen LogP contribution in [0.2, 0.25) is 0 Å². The first-order valence-electron chi connectivity index (χ1n) is 3.79. The summed E-state index contributed by atoms with van der Waals surface area (Å²) in [5.41, 5.74) is 0. The van der Waals surface area contributed by atoms with Crippen molar-refractivity contribution in [3.63, 3.8) is 0 Å². The van der Waals surface area contributed by atoms with Crippen LogP contribution >= 0.6 is 0 Å². The van der Waals surface area contributed by atoms with Crippen LogP contribution in [0.4, 0.5) is 13.2 Å². The van der Waals surface area contributed by atoms with Gasteiger partial charge in [-0.2, -0.15) is 13.2 Å². The van der Waals surface area contributed by atoms with E-state index >= 15 is 0 Å². The summed E-state index contributed by atoms with van der Waals surface area (Å²) < 4.78 is 59.1. The highest BCUT2D eigenvalue weighted by Crippen LogP contribution is 2.14. The zero-order chi connectivity index (χ0) is 11.7. The molecule has 1 aromatic heterocycles. The Kier molecular flexibility index (Phi) is 3.05. The zero-order valence-electron chi connectivity index (χ0n) is 7.59. The predicted octanol–water partition coefficient (Wildman–Crippen LogP) is 0.559. The molecule has 0 amide bonds. The second-order valence-corrected chi connectivity index (χ2v) is 4.51. The van der Waals surface area contributed by atoms with E-state index in [4.69, 9.17) is 0 Å². The maximum absolute atomic E-state index is 11.8. The van der Waals surface area contributed by atoms with Crippen LogP contribution in [-0.4, -0.2) is 31.1 Å². The lowest BCUT2D eigenvalue weighted by Gasteiger charge is -2.07. The summed E-state index contributed by atoms with van der Waals surface area (Å²) in [5, 5.41) is -0.385. The monoisotopic (exact) mass is 243 g/mol. The number of rotatable bonds is 3. The second-order valence-electron chi connectivity index (χ2n) is 2.77. The Balaban J connectivity index is 2.77. The van der Waals surface area contributed by atoms with Gasteiger partial charge in [0, 0.05) is 0 Å². The van der Waals surface area contributed by atoms with Crippen LogP contribution in [0.15, 0.2) is 11.2 Å². The molecular weight excluding hydrogens is 235 g/mol. The molecule has 0 saturated carbocycles. The summed E-state index contributed by atoms with van der Waals surface area (Å²) >= 11 is 0. The van der Waals surface area contributed by atoms with Crippen LogP contribution in [0, 0.1) is 6.92 Å². The summed E-state index contributed by atoms with van der Waals surface area (Å²) in [7, 11) is -4.16. The molecule has 5 nitrogen and oxygen atoms in total. The summed E-state index contributed by atoms with van der Waals surface area (Å²) in [6, 6.07) is 0. The van der Waals surface area contributed by atoms with Gasteiger partial charge in [0.1, 0.15) is 12.4 Å². The Hall–Kier alpha value is -1.09. The highest BCUT2D eigenvalue weighted by Gasteiger charge is 2.30. The van der Waals surface area contributed by atoms with Crippen LogP contribution < -0.4 is 4.72 Å². The van der Waals surface area contributed by atoms with E-state index in [1.807, 2.05) is 0 Å². The van der Waals surface area contributed by atoms with Crippen molar-refractivity contribution in [1.82, 2.24) is 14.7 Å². The summed E-state index contributed by atoms with van der Waals surface area (Å²) in [6.45, 7) is -0.115. The Bertz CT molecular complexity index is 437. The van der Waals surface area contributed by atoms with E-state index in [0.717, 1.165) is 6.20 Å². The highest BCUT2D eigenvalue weighted by atomic mass is 32.2. The number of sulfonamides is 1. The number of aromatic amines is 1. The number of imidazole rings is 1. The first kappa shape index (κ1) is 12.0. The fourth-order valence-electron chi connectivity index (χ4n) is 0.789. The molecule has 0 aromatic carbocycles. The molecule has 0 atom stereocenters. The van der Waals surface area contributed by atoms with Gasteiger partial charge in [0.25, 0.3) is 10.0 Å². The third kappa shape index (κ3) is 3.51. The lowest BCUT2D eigenvalue weighted by molar-refractivity contribution is -0.121. The van der Waals surface area contributed by atoms with E-state index < -0.39 is 22.7 Å². The van der Waals surface area contributed by atoms with Crippen molar-refractivity contribution in [2.24, 2.45) is 0 Å². The third-order valence-corrected chi connectivity index (χ3v) is 2.74. The number of nitrogens with one attached hydrogen (secondary N) is 2. The van der Waals surface area contributed by atoms with Crippen LogP contribution in [0.25, 0.3) is 0 Å². The molecule has 0 bridgehead atoms. The van der Waals surface area contributed by atoms with Gasteiger partial charge in [-0.1, -0.05) is 0 Å². The Labute approximate surface area is 83.8 Å². The zero-order valence-corrected chi connectivity index (χ0v) is 8.41. The largest absolute Gasteiger partial charge is 0.402 e. The maximum atomic E-state index is 11.8. The van der Waals surface area contributed by atoms with Gasteiger partial charge in [0.2, 0.25) is 0 Å². The smallest absolute Gasteiger partial charge is 0.332 e. The van der Waals surface area contributed by atoms with E-state index in [2.05, 4.69) is 9.97 Å². The van der Waals surface area contributed by atoms with E-state index in [1.165, 1.54) is 11.6 Å². The van der Waals surface area contributed by atoms with Gasteiger partial charge >= 0.3 is 6.18 Å². The summed E-state index contributed by atoms with van der Waals surface area (Å²) in [6.07, 6.45) is -3.63. The van der Waals surface area contributed by atoms with Crippen LogP contribution in [-0.2, 0) is 10.0 Å². The summed E-state index contributed by atoms with van der Waals surface area (Å²) in [4.78, 5) is 5.89. The molecule has 0 aliphatic rings. The minimum Gasteiger partial charge on any atom is -0.332 e. The fourth-order valence-corrected chi connectivity index (χ4v) is 1.77. The number of halogens is 3. The second kappa shape index (κ2) is 3.81. The molecule has 0 radical (unpaired) electrons. The van der Waals surface area contributed by atoms with Gasteiger partial charge in [-0.3, -0.25) is 0 Å². The Morgan fingerprint density at radius 3 is 2.53 bits per heavy atom. The highest BCUT2D eigenvalue weighted by molar-refractivity contribution is 7.89. The topological polar surface area (TPSA) is 74.8 Å². The molecule has 0 aliphatic heterocycles. The quantitative estimate of drug-likeness (QED) is 0.814. The molecule has 0 aliphatic carbocycles. The predicted molar refractivity (Wildman–Crippen MR) is 44.6 cm³/mol. The molecule has 2 N–H and O–H groups in total. The van der Waals surface area contributed by atoms with Crippen molar-refractivity contribution in [2.45, 2.75) is 18.1 Å². The Morgan fingerprint density at radius 2 is 2.13 bits per heavy atom. The summed E-state index contributed by atoms with van der Waals surface area (Å²) in [5.74, 6) is 0.308. The fraction of sp³-hybridized carbons (Fsp3) is 0.500. The number of H-pyrrole nitrogens is 1. The van der Waals surface area contributed by atoms with Crippen molar-refractivity contribution < 1.29 is 21.6 Å². The molecule has 9 heteroatoms. The lowest BCUT2D eigenvalue weighted by atomic mass is 10.7. The minimum absolute atomic E-state index is 0.308. The van der Waals surface area contributed by atoms with Crippen LogP contribution in [0.1, 0.15) is 5.82 Å². The van der Waals surface area contributed by atoms with Gasteiger partial charge < -0.3 is 4.98 Å². The molecule has 15 heavy (non-hydrogen) atoms. The van der Waals surface area contributed by atoms with Crippen molar-refractivity contribution in [1.29, 1.82) is 0 Å². The number of alkyl halides is 3. The van der Waals surface area contributed by atoms with Gasteiger partial charge in [0.15, 0.2) is 5.03 Å². The average Bonchev–Trinajstić information content (AvgIpc) is 2.48. The van der Waals surface area contributed by atoms with Crippen molar-refractivity contribution in [2.75, 3.05) is 6.54 Å². The molecule has 0 unspecified atom stereocenters. The van der Waals surface area contributed by atoms with E-state index in [1.54, 1.807) is 0 Å². The average molecular weight is 243 g/mol. The van der Waals surface area contributed by atoms with Crippen molar-refractivity contribution >= 4 is 10.0 Å².